The van der Waals surface area contributed by atoms with E-state index in [0.717, 1.165) is 21.3 Å². The number of rotatable bonds is 3. The van der Waals surface area contributed by atoms with E-state index in [1.54, 1.807) is 14.2 Å². The van der Waals surface area contributed by atoms with Crippen molar-refractivity contribution < 1.29 is 23.7 Å². The highest BCUT2D eigenvalue weighted by atomic mass is 79.9. The monoisotopic (exact) mass is 405 g/mol. The molecule has 25 heavy (non-hydrogen) atoms. The number of amides is 1. The highest BCUT2D eigenvalue weighted by molar-refractivity contribution is 9.10. The van der Waals surface area contributed by atoms with Gasteiger partial charge >= 0.3 is 0 Å². The molecule has 130 valence electrons. The summed E-state index contributed by atoms with van der Waals surface area (Å²) >= 11 is 3.60. The van der Waals surface area contributed by atoms with Crippen LogP contribution in [0.25, 0.3) is 0 Å². The highest BCUT2D eigenvalue weighted by Crippen LogP contribution is 2.47. The standard InChI is InChI=1S/C18H16BrNO5/c1-22-14-3-10(12(19)6-15(14)23-2)9-5-18(21)20-13-7-17-16(4-11(9)13)24-8-25-17/h3-4,6-7,9H,5,8H2,1-2H3,(H,20,21)/t9-/m0/s1. The third kappa shape index (κ3) is 2.68. The molecule has 4 rings (SSSR count). The second kappa shape index (κ2) is 6.15. The molecule has 0 fully saturated rings. The number of nitrogens with one attached hydrogen (secondary N) is 1. The summed E-state index contributed by atoms with van der Waals surface area (Å²) in [5.74, 6) is 2.41. The Kier molecular flexibility index (Phi) is 3.95. The van der Waals surface area contributed by atoms with Gasteiger partial charge in [-0.15, -0.1) is 0 Å². The number of carbonyl (C=O) groups is 1. The Labute approximate surface area is 153 Å². The number of anilines is 1. The second-order valence-corrected chi connectivity index (χ2v) is 6.68. The van der Waals surface area contributed by atoms with E-state index in [9.17, 15) is 4.79 Å². The predicted molar refractivity (Wildman–Crippen MR) is 94.9 cm³/mol. The lowest BCUT2D eigenvalue weighted by Crippen LogP contribution is -2.23. The van der Waals surface area contributed by atoms with Crippen LogP contribution in [0.1, 0.15) is 23.5 Å². The maximum Gasteiger partial charge on any atom is 0.231 e. The summed E-state index contributed by atoms with van der Waals surface area (Å²) in [6.45, 7) is 0.191. The first-order chi connectivity index (χ1) is 12.1. The van der Waals surface area contributed by atoms with E-state index in [4.69, 9.17) is 18.9 Å². The molecule has 0 spiro atoms. The molecule has 7 heteroatoms. The Morgan fingerprint density at radius 1 is 1.04 bits per heavy atom. The van der Waals surface area contributed by atoms with Crippen molar-refractivity contribution in [3.05, 3.63) is 39.9 Å². The first-order valence-electron chi connectivity index (χ1n) is 7.75. The zero-order valence-corrected chi connectivity index (χ0v) is 15.3. The molecular weight excluding hydrogens is 390 g/mol. The molecule has 1 amide bonds. The minimum Gasteiger partial charge on any atom is -0.493 e. The van der Waals surface area contributed by atoms with Crippen molar-refractivity contribution in [2.75, 3.05) is 26.3 Å². The molecule has 2 aliphatic heterocycles. The summed E-state index contributed by atoms with van der Waals surface area (Å²) < 4.78 is 22.5. The van der Waals surface area contributed by atoms with E-state index in [1.807, 2.05) is 24.3 Å². The van der Waals surface area contributed by atoms with Crippen LogP contribution in [0, 0.1) is 0 Å². The van der Waals surface area contributed by atoms with Gasteiger partial charge in [0, 0.05) is 28.6 Å². The van der Waals surface area contributed by atoms with E-state index in [0.29, 0.717) is 29.4 Å². The Hall–Kier alpha value is -2.41. The van der Waals surface area contributed by atoms with E-state index in [1.165, 1.54) is 0 Å². The summed E-state index contributed by atoms with van der Waals surface area (Å²) in [6.07, 6.45) is 0.334. The quantitative estimate of drug-likeness (QED) is 0.843. The van der Waals surface area contributed by atoms with Crippen LogP contribution in [0.3, 0.4) is 0 Å². The van der Waals surface area contributed by atoms with Crippen LogP contribution in [-0.4, -0.2) is 26.9 Å². The normalized spacial score (nSPS) is 17.7. The van der Waals surface area contributed by atoms with Crippen LogP contribution >= 0.6 is 15.9 Å². The number of ether oxygens (including phenoxy) is 4. The molecule has 2 aliphatic rings. The maximum atomic E-state index is 12.2. The van der Waals surface area contributed by atoms with Crippen molar-refractivity contribution in [1.29, 1.82) is 0 Å². The first-order valence-corrected chi connectivity index (χ1v) is 8.55. The zero-order chi connectivity index (χ0) is 17.6. The van der Waals surface area contributed by atoms with Crippen molar-refractivity contribution in [2.45, 2.75) is 12.3 Å². The number of benzene rings is 2. The molecule has 0 aromatic heterocycles. The molecule has 1 atom stereocenters. The van der Waals surface area contributed by atoms with E-state index < -0.39 is 0 Å². The van der Waals surface area contributed by atoms with Crippen molar-refractivity contribution >= 4 is 27.5 Å². The van der Waals surface area contributed by atoms with Crippen LogP contribution in [0.15, 0.2) is 28.7 Å². The molecule has 0 saturated carbocycles. The molecule has 0 unspecified atom stereocenters. The van der Waals surface area contributed by atoms with Gasteiger partial charge in [-0.05, 0) is 29.3 Å². The summed E-state index contributed by atoms with van der Waals surface area (Å²) in [5.41, 5.74) is 2.68. The molecule has 1 N–H and O–H groups in total. The summed E-state index contributed by atoms with van der Waals surface area (Å²) in [7, 11) is 3.18. The molecule has 0 radical (unpaired) electrons. The first kappa shape index (κ1) is 16.1. The Morgan fingerprint density at radius 3 is 2.44 bits per heavy atom. The van der Waals surface area contributed by atoms with Gasteiger partial charge in [0.1, 0.15) is 0 Å². The Balaban J connectivity index is 1.86. The van der Waals surface area contributed by atoms with Crippen LogP contribution < -0.4 is 24.3 Å². The van der Waals surface area contributed by atoms with Gasteiger partial charge in [0.2, 0.25) is 12.7 Å². The second-order valence-electron chi connectivity index (χ2n) is 5.83. The molecule has 2 aromatic rings. The van der Waals surface area contributed by atoms with Gasteiger partial charge in [0.25, 0.3) is 0 Å². The smallest absolute Gasteiger partial charge is 0.231 e. The van der Waals surface area contributed by atoms with Gasteiger partial charge in [-0.25, -0.2) is 0 Å². The van der Waals surface area contributed by atoms with Crippen molar-refractivity contribution in [2.24, 2.45) is 0 Å². The summed E-state index contributed by atoms with van der Waals surface area (Å²) in [6, 6.07) is 7.51. The maximum absolute atomic E-state index is 12.2. The molecule has 0 aliphatic carbocycles. The third-order valence-corrected chi connectivity index (χ3v) is 5.15. The molecule has 0 bridgehead atoms. The Bertz CT molecular complexity index is 867. The lowest BCUT2D eigenvalue weighted by Gasteiger charge is -2.27. The van der Waals surface area contributed by atoms with Gasteiger partial charge in [0.05, 0.1) is 14.2 Å². The lowest BCUT2D eigenvalue weighted by atomic mass is 9.84. The third-order valence-electron chi connectivity index (χ3n) is 4.46. The fourth-order valence-electron chi connectivity index (χ4n) is 3.27. The van der Waals surface area contributed by atoms with Crippen LogP contribution in [0.2, 0.25) is 0 Å². The average Bonchev–Trinajstić information content (AvgIpc) is 3.06. The fourth-order valence-corrected chi connectivity index (χ4v) is 3.86. The molecule has 6 nitrogen and oxygen atoms in total. The topological polar surface area (TPSA) is 66.0 Å². The molecule has 2 aromatic carbocycles. The predicted octanol–water partition coefficient (Wildman–Crippen LogP) is 3.67. The van der Waals surface area contributed by atoms with Gasteiger partial charge in [0.15, 0.2) is 23.0 Å². The van der Waals surface area contributed by atoms with E-state index in [2.05, 4.69) is 21.2 Å². The largest absolute Gasteiger partial charge is 0.493 e. The molecular formula is C18H16BrNO5. The Morgan fingerprint density at radius 2 is 1.72 bits per heavy atom. The molecule has 2 heterocycles. The zero-order valence-electron chi connectivity index (χ0n) is 13.7. The number of halogens is 1. The highest BCUT2D eigenvalue weighted by Gasteiger charge is 2.31. The van der Waals surface area contributed by atoms with E-state index >= 15 is 0 Å². The minimum atomic E-state index is -0.132. The van der Waals surface area contributed by atoms with Crippen LogP contribution in [-0.2, 0) is 4.79 Å². The van der Waals surface area contributed by atoms with Crippen molar-refractivity contribution in [3.8, 4) is 23.0 Å². The van der Waals surface area contributed by atoms with Gasteiger partial charge in [-0.3, -0.25) is 4.79 Å². The van der Waals surface area contributed by atoms with Crippen molar-refractivity contribution in [3.63, 3.8) is 0 Å². The van der Waals surface area contributed by atoms with Gasteiger partial charge in [-0.2, -0.15) is 0 Å². The minimum absolute atomic E-state index is 0.0435. The summed E-state index contributed by atoms with van der Waals surface area (Å²) in [5, 5.41) is 2.91. The lowest BCUT2D eigenvalue weighted by molar-refractivity contribution is -0.116. The van der Waals surface area contributed by atoms with Crippen LogP contribution in [0.5, 0.6) is 23.0 Å². The van der Waals surface area contributed by atoms with Gasteiger partial charge in [-0.1, -0.05) is 15.9 Å². The average molecular weight is 406 g/mol. The van der Waals surface area contributed by atoms with Gasteiger partial charge < -0.3 is 24.3 Å². The number of carbonyl (C=O) groups excluding carboxylic acids is 1. The number of fused-ring (bicyclic) bond motifs is 2. The number of hydrogen-bond donors (Lipinski definition) is 1. The molecule has 0 saturated heterocycles. The number of hydrogen-bond acceptors (Lipinski definition) is 5. The van der Waals surface area contributed by atoms with E-state index in [-0.39, 0.29) is 18.6 Å². The SMILES string of the molecule is COc1cc(Br)c([C@@H]2CC(=O)Nc3cc4c(cc32)OCO4)cc1OC. The summed E-state index contributed by atoms with van der Waals surface area (Å²) in [4.78, 5) is 12.2. The van der Waals surface area contributed by atoms with Crippen LogP contribution in [0.4, 0.5) is 5.69 Å². The number of methoxy groups -OCH3 is 2. The van der Waals surface area contributed by atoms with Crippen molar-refractivity contribution in [1.82, 2.24) is 0 Å². The fraction of sp³-hybridized carbons (Fsp3) is 0.278.